The second-order valence-corrected chi connectivity index (χ2v) is 17.8. The predicted molar refractivity (Wildman–Crippen MR) is 194 cm³/mol. The maximum atomic E-state index is 11.3. The number of likely N-dealkylation sites (tertiary alicyclic amines) is 1. The number of benzene rings is 1. The fraction of sp³-hybridized carbons (Fsp3) is 0.486. The van der Waals surface area contributed by atoms with E-state index in [0.717, 1.165) is 40.4 Å². The molecule has 1 fully saturated rings. The smallest absolute Gasteiger partial charge is 0.264 e. The SMILES string of the molecule is CC1(C)C(/C=C/C2=C(Cl)C(=C/C=C3/N(CCCCS(=O)(=O)O)C4C=CC=CC4C3(C)C)/CC2)=[N+](CCCCS(=O)(=O)O)c2ccccc21. The quantitative estimate of drug-likeness (QED) is 0.123. The molecule has 0 spiro atoms. The first-order valence-corrected chi connectivity index (χ1v) is 20.4. The van der Waals surface area contributed by atoms with Crippen LogP contribution in [0.2, 0.25) is 0 Å². The summed E-state index contributed by atoms with van der Waals surface area (Å²) in [5, 5.41) is 0.754. The summed E-state index contributed by atoms with van der Waals surface area (Å²) in [5.74, 6) is -0.196. The Morgan fingerprint density at radius 2 is 1.56 bits per heavy atom. The normalized spacial score (nSPS) is 24.9. The van der Waals surface area contributed by atoms with Gasteiger partial charge in [-0.2, -0.15) is 21.4 Å². The summed E-state index contributed by atoms with van der Waals surface area (Å²) in [6.07, 6.45) is 20.9. The fourth-order valence-electron chi connectivity index (χ4n) is 7.71. The van der Waals surface area contributed by atoms with Crippen LogP contribution in [0.15, 0.2) is 94.7 Å². The minimum absolute atomic E-state index is 0.145. The molecule has 48 heavy (non-hydrogen) atoms. The van der Waals surface area contributed by atoms with E-state index in [1.54, 1.807) is 0 Å². The highest BCUT2D eigenvalue weighted by Crippen LogP contribution is 2.50. The van der Waals surface area contributed by atoms with E-state index >= 15 is 0 Å². The van der Waals surface area contributed by atoms with Gasteiger partial charge in [-0.3, -0.25) is 9.11 Å². The first-order chi connectivity index (χ1) is 22.5. The number of rotatable bonds is 13. The summed E-state index contributed by atoms with van der Waals surface area (Å²) < 4.78 is 65.8. The van der Waals surface area contributed by atoms with Gasteiger partial charge in [0.2, 0.25) is 5.69 Å². The Labute approximate surface area is 291 Å². The Morgan fingerprint density at radius 3 is 2.27 bits per heavy atom. The number of nitrogens with zero attached hydrogens (tertiary/aromatic N) is 2. The Hall–Kier alpha value is -2.76. The van der Waals surface area contributed by atoms with Gasteiger partial charge in [0.25, 0.3) is 20.2 Å². The van der Waals surface area contributed by atoms with Gasteiger partial charge in [0.05, 0.1) is 23.0 Å². The Morgan fingerprint density at radius 1 is 0.896 bits per heavy atom. The average molecular weight is 716 g/mol. The van der Waals surface area contributed by atoms with Gasteiger partial charge in [-0.1, -0.05) is 80.1 Å². The van der Waals surface area contributed by atoms with Crippen molar-refractivity contribution in [3.8, 4) is 0 Å². The van der Waals surface area contributed by atoms with Crippen LogP contribution >= 0.6 is 11.6 Å². The molecule has 1 saturated heterocycles. The largest absolute Gasteiger partial charge is 0.367 e. The van der Waals surface area contributed by atoms with Gasteiger partial charge in [-0.25, -0.2) is 0 Å². The number of unbranched alkanes of at least 4 members (excludes halogenated alkanes) is 2. The van der Waals surface area contributed by atoms with Crippen molar-refractivity contribution in [2.75, 3.05) is 24.6 Å². The van der Waals surface area contributed by atoms with Crippen LogP contribution in [0.1, 0.15) is 71.8 Å². The molecule has 1 aromatic carbocycles. The summed E-state index contributed by atoms with van der Waals surface area (Å²) in [6, 6.07) is 8.48. The maximum absolute atomic E-state index is 11.3. The first-order valence-electron chi connectivity index (χ1n) is 16.8. The van der Waals surface area contributed by atoms with Crippen molar-refractivity contribution in [3.05, 3.63) is 100 Å². The van der Waals surface area contributed by atoms with Crippen LogP contribution in [0.3, 0.4) is 0 Å². The van der Waals surface area contributed by atoms with Crippen molar-refractivity contribution in [3.63, 3.8) is 0 Å². The van der Waals surface area contributed by atoms with Gasteiger partial charge in [-0.15, -0.1) is 0 Å². The number of allylic oxidation sites excluding steroid dienone is 10. The third-order valence-corrected chi connectivity index (χ3v) is 12.4. The van der Waals surface area contributed by atoms with Crippen molar-refractivity contribution >= 4 is 43.2 Å². The average Bonchev–Trinajstić information content (AvgIpc) is 3.54. The predicted octanol–water partition coefficient (Wildman–Crippen LogP) is 7.50. The van der Waals surface area contributed by atoms with Crippen LogP contribution in [-0.4, -0.2) is 71.8 Å². The lowest BCUT2D eigenvalue weighted by molar-refractivity contribution is -0.438. The zero-order valence-electron chi connectivity index (χ0n) is 28.3. The number of fused-ring (bicyclic) bond motifs is 2. The third-order valence-electron chi connectivity index (χ3n) is 10.3. The van der Waals surface area contributed by atoms with Gasteiger partial charge in [0.1, 0.15) is 6.54 Å². The highest BCUT2D eigenvalue weighted by Gasteiger charge is 2.48. The van der Waals surface area contributed by atoms with E-state index in [-0.39, 0.29) is 34.3 Å². The van der Waals surface area contributed by atoms with Gasteiger partial charge in [0.15, 0.2) is 5.71 Å². The molecule has 0 radical (unpaired) electrons. The molecule has 2 heterocycles. The summed E-state index contributed by atoms with van der Waals surface area (Å²) >= 11 is 7.04. The van der Waals surface area contributed by atoms with Crippen LogP contribution in [0.25, 0.3) is 0 Å². The molecule has 2 atom stereocenters. The second kappa shape index (κ2) is 14.2. The molecule has 260 valence electrons. The van der Waals surface area contributed by atoms with Crippen molar-refractivity contribution in [1.82, 2.24) is 4.90 Å². The minimum Gasteiger partial charge on any atom is -0.367 e. The molecule has 4 aliphatic rings. The maximum Gasteiger partial charge on any atom is 0.264 e. The molecule has 1 aromatic rings. The number of halogens is 1. The zero-order valence-corrected chi connectivity index (χ0v) is 30.7. The number of para-hydroxylation sites is 1. The van der Waals surface area contributed by atoms with E-state index in [2.05, 4.69) is 97.9 Å². The number of hydrogen-bond donors (Lipinski definition) is 2. The molecule has 2 aliphatic heterocycles. The monoisotopic (exact) mass is 715 g/mol. The molecule has 5 rings (SSSR count). The molecule has 11 heteroatoms. The molecule has 2 aliphatic carbocycles. The summed E-state index contributed by atoms with van der Waals surface area (Å²) in [4.78, 5) is 2.38. The van der Waals surface area contributed by atoms with Crippen molar-refractivity contribution in [2.24, 2.45) is 11.3 Å². The molecular formula is C37H48ClN2O6S2+. The topological polar surface area (TPSA) is 115 Å². The molecule has 2 unspecified atom stereocenters. The lowest BCUT2D eigenvalue weighted by Crippen LogP contribution is -2.31. The van der Waals surface area contributed by atoms with E-state index in [9.17, 15) is 25.9 Å². The summed E-state index contributed by atoms with van der Waals surface area (Å²) in [5.41, 5.74) is 6.37. The third kappa shape index (κ3) is 7.99. The molecule has 0 saturated carbocycles. The highest BCUT2D eigenvalue weighted by molar-refractivity contribution is 7.86. The van der Waals surface area contributed by atoms with E-state index in [1.165, 1.54) is 11.3 Å². The minimum atomic E-state index is -3.99. The van der Waals surface area contributed by atoms with Crippen LogP contribution < -0.4 is 0 Å². The Bertz CT molecular complexity index is 1860. The molecule has 0 bridgehead atoms. The second-order valence-electron chi connectivity index (χ2n) is 14.3. The molecule has 2 N–H and O–H groups in total. The Balaban J connectivity index is 1.40. The van der Waals surface area contributed by atoms with Crippen molar-refractivity contribution in [1.29, 1.82) is 0 Å². The Kier molecular flexibility index (Phi) is 10.8. The fourth-order valence-corrected chi connectivity index (χ4v) is 9.16. The standard InChI is InChI=1S/C37H47ClN2O6S2/c1-36(2)29-13-5-7-15-31(29)39(23-9-11-25-47(41,42)43)33(36)21-19-27-17-18-28(35(27)38)20-22-34-37(3,4)30-14-6-8-16-32(30)40(34)24-10-12-26-48(44,45)46/h5-8,13-16,19-22,29,31H,9-12,17-18,23-26H2,1-4H3,(H-,41,42,43,44,45,46)/p+1. The lowest BCUT2D eigenvalue weighted by Gasteiger charge is -2.28. The van der Waals surface area contributed by atoms with E-state index in [4.69, 9.17) is 11.6 Å². The number of hydrogen-bond acceptors (Lipinski definition) is 5. The van der Waals surface area contributed by atoms with Crippen LogP contribution in [0, 0.1) is 11.3 Å². The van der Waals surface area contributed by atoms with E-state index < -0.39 is 20.2 Å². The molecule has 0 amide bonds. The first kappa shape index (κ1) is 36.5. The van der Waals surface area contributed by atoms with Gasteiger partial charge >= 0.3 is 0 Å². The lowest BCUT2D eigenvalue weighted by atomic mass is 9.75. The van der Waals surface area contributed by atoms with Gasteiger partial charge < -0.3 is 4.90 Å². The van der Waals surface area contributed by atoms with Crippen molar-refractivity contribution < 1.29 is 30.5 Å². The summed E-state index contributed by atoms with van der Waals surface area (Å²) in [7, 11) is -7.97. The van der Waals surface area contributed by atoms with E-state index in [1.807, 2.05) is 12.1 Å². The summed E-state index contributed by atoms with van der Waals surface area (Å²) in [6.45, 7) is 10.2. The molecule has 8 nitrogen and oxygen atoms in total. The van der Waals surface area contributed by atoms with E-state index in [0.29, 0.717) is 38.8 Å². The van der Waals surface area contributed by atoms with Crippen LogP contribution in [-0.2, 0) is 25.7 Å². The highest BCUT2D eigenvalue weighted by atomic mass is 35.5. The molecular weight excluding hydrogens is 668 g/mol. The van der Waals surface area contributed by atoms with Crippen LogP contribution in [0.5, 0.6) is 0 Å². The zero-order chi connectivity index (χ0) is 34.9. The van der Waals surface area contributed by atoms with Gasteiger partial charge in [0, 0.05) is 52.7 Å². The van der Waals surface area contributed by atoms with Crippen molar-refractivity contribution in [2.45, 2.75) is 77.7 Å². The van der Waals surface area contributed by atoms with Gasteiger partial charge in [-0.05, 0) is 63.2 Å². The molecule has 0 aromatic heterocycles. The van der Waals surface area contributed by atoms with Crippen LogP contribution in [0.4, 0.5) is 5.69 Å².